The average Bonchev–Trinajstić information content (AvgIpc) is 1.99. The van der Waals surface area contributed by atoms with Crippen molar-refractivity contribution in [2.75, 3.05) is 0 Å². The molecule has 0 atom stereocenters. The van der Waals surface area contributed by atoms with Crippen molar-refractivity contribution >= 4 is 5.97 Å². The Labute approximate surface area is 74.6 Å². The van der Waals surface area contributed by atoms with E-state index in [1.54, 1.807) is 0 Å². The second kappa shape index (κ2) is 5.81. The smallest absolute Gasteiger partial charge is 0.306 e. The van der Waals surface area contributed by atoms with Gasteiger partial charge in [-0.25, -0.2) is 0 Å². The van der Waals surface area contributed by atoms with E-state index < -0.39 is 0 Å². The van der Waals surface area contributed by atoms with Gasteiger partial charge < -0.3 is 4.74 Å². The molecule has 0 heterocycles. The molecule has 0 aliphatic rings. The Morgan fingerprint density at radius 3 is 2.42 bits per heavy atom. The van der Waals surface area contributed by atoms with Gasteiger partial charge >= 0.3 is 5.97 Å². The molecule has 0 unspecified atom stereocenters. The molecular weight excluding hydrogens is 152 g/mol. The maximum Gasteiger partial charge on any atom is 0.306 e. The molecule has 0 bridgehead atoms. The van der Waals surface area contributed by atoms with E-state index in [-0.39, 0.29) is 12.1 Å². The van der Waals surface area contributed by atoms with Crippen LogP contribution in [0.5, 0.6) is 0 Å². The first kappa shape index (κ1) is 11.2. The van der Waals surface area contributed by atoms with Gasteiger partial charge in [0.25, 0.3) is 0 Å². The van der Waals surface area contributed by atoms with E-state index in [0.29, 0.717) is 6.42 Å². The van der Waals surface area contributed by atoms with Gasteiger partial charge in [-0.2, -0.15) is 0 Å². The van der Waals surface area contributed by atoms with Crippen LogP contribution in [0.25, 0.3) is 0 Å². The summed E-state index contributed by atoms with van der Waals surface area (Å²) in [5.74, 6) is -0.105. The van der Waals surface area contributed by atoms with E-state index in [0.717, 1.165) is 6.42 Å². The van der Waals surface area contributed by atoms with Gasteiger partial charge in [0, 0.05) is 6.42 Å². The second-order valence-electron chi connectivity index (χ2n) is 3.17. The second-order valence-corrected chi connectivity index (χ2v) is 3.17. The van der Waals surface area contributed by atoms with Crippen LogP contribution in [0.2, 0.25) is 0 Å². The van der Waals surface area contributed by atoms with E-state index in [1.165, 1.54) is 5.57 Å². The first-order valence-corrected chi connectivity index (χ1v) is 4.37. The van der Waals surface area contributed by atoms with Crippen molar-refractivity contribution in [2.45, 2.75) is 46.6 Å². The summed E-state index contributed by atoms with van der Waals surface area (Å²) in [5, 5.41) is 0. The number of hydrogen-bond acceptors (Lipinski definition) is 2. The van der Waals surface area contributed by atoms with E-state index in [9.17, 15) is 4.79 Å². The lowest BCUT2D eigenvalue weighted by molar-refractivity contribution is -0.147. The largest absolute Gasteiger partial charge is 0.463 e. The van der Waals surface area contributed by atoms with Gasteiger partial charge in [0.05, 0.1) is 6.10 Å². The number of rotatable bonds is 4. The number of hydrogen-bond donors (Lipinski definition) is 0. The molecule has 0 aromatic rings. The highest BCUT2D eigenvalue weighted by Crippen LogP contribution is 2.05. The molecule has 2 heteroatoms. The van der Waals surface area contributed by atoms with Crippen LogP contribution in [0.15, 0.2) is 11.6 Å². The van der Waals surface area contributed by atoms with Gasteiger partial charge in [0.1, 0.15) is 0 Å². The number of ether oxygens (including phenoxy) is 1. The molecule has 0 fully saturated rings. The van der Waals surface area contributed by atoms with Crippen LogP contribution >= 0.6 is 0 Å². The normalized spacial score (nSPS) is 11.9. The third-order valence-corrected chi connectivity index (χ3v) is 1.58. The topological polar surface area (TPSA) is 26.3 Å². The molecule has 70 valence electrons. The van der Waals surface area contributed by atoms with E-state index >= 15 is 0 Å². The Hall–Kier alpha value is -0.790. The van der Waals surface area contributed by atoms with E-state index in [2.05, 4.69) is 0 Å². The highest BCUT2D eigenvalue weighted by atomic mass is 16.5. The molecule has 0 aliphatic heterocycles. The standard InChI is InChI=1S/C10H18O2/c1-5-9(4)6-7-10(11)12-8(2)3/h5,8H,6-7H2,1-4H3. The van der Waals surface area contributed by atoms with Crippen LogP contribution in [-0.4, -0.2) is 12.1 Å². The lowest BCUT2D eigenvalue weighted by Crippen LogP contribution is -2.10. The Morgan fingerprint density at radius 1 is 1.42 bits per heavy atom. The van der Waals surface area contributed by atoms with Crippen molar-refractivity contribution in [3.05, 3.63) is 11.6 Å². The predicted octanol–water partition coefficient (Wildman–Crippen LogP) is 2.68. The quantitative estimate of drug-likeness (QED) is 0.479. The SMILES string of the molecule is CC=C(C)CCC(=O)OC(C)C. The van der Waals surface area contributed by atoms with Gasteiger partial charge in [-0.15, -0.1) is 0 Å². The molecule has 0 N–H and O–H groups in total. The van der Waals surface area contributed by atoms with Crippen LogP contribution in [-0.2, 0) is 9.53 Å². The van der Waals surface area contributed by atoms with Crippen molar-refractivity contribution in [1.82, 2.24) is 0 Å². The fraction of sp³-hybridized carbons (Fsp3) is 0.700. The highest BCUT2D eigenvalue weighted by Gasteiger charge is 2.04. The molecule has 0 spiro atoms. The molecule has 0 radical (unpaired) electrons. The summed E-state index contributed by atoms with van der Waals surface area (Å²) in [5.41, 5.74) is 1.23. The molecular formula is C10H18O2. The summed E-state index contributed by atoms with van der Waals surface area (Å²) in [4.78, 5) is 11.0. The Balaban J connectivity index is 3.58. The lowest BCUT2D eigenvalue weighted by atomic mass is 10.1. The summed E-state index contributed by atoms with van der Waals surface area (Å²) < 4.78 is 4.98. The number of carbonyl (C=O) groups is 1. The molecule has 0 rings (SSSR count). The zero-order chi connectivity index (χ0) is 9.56. The van der Waals surface area contributed by atoms with Gasteiger partial charge in [-0.1, -0.05) is 11.6 Å². The van der Waals surface area contributed by atoms with Crippen LogP contribution < -0.4 is 0 Å². The minimum atomic E-state index is -0.105. The molecule has 0 aliphatic carbocycles. The van der Waals surface area contributed by atoms with E-state index in [1.807, 2.05) is 33.8 Å². The lowest BCUT2D eigenvalue weighted by Gasteiger charge is -2.07. The zero-order valence-electron chi connectivity index (χ0n) is 8.39. The van der Waals surface area contributed by atoms with Crippen molar-refractivity contribution in [1.29, 1.82) is 0 Å². The first-order chi connectivity index (χ1) is 5.56. The Kier molecular flexibility index (Phi) is 5.43. The molecule has 0 aromatic carbocycles. The maximum absolute atomic E-state index is 11.0. The molecule has 0 saturated carbocycles. The average molecular weight is 170 g/mol. The van der Waals surface area contributed by atoms with Crippen molar-refractivity contribution in [2.24, 2.45) is 0 Å². The van der Waals surface area contributed by atoms with Crippen LogP contribution in [0.3, 0.4) is 0 Å². The highest BCUT2D eigenvalue weighted by molar-refractivity contribution is 5.69. The minimum absolute atomic E-state index is 0.00316. The minimum Gasteiger partial charge on any atom is -0.463 e. The van der Waals surface area contributed by atoms with Gasteiger partial charge in [-0.3, -0.25) is 4.79 Å². The van der Waals surface area contributed by atoms with E-state index in [4.69, 9.17) is 4.74 Å². The monoisotopic (exact) mass is 170 g/mol. The summed E-state index contributed by atoms with van der Waals surface area (Å²) in [6, 6.07) is 0. The fourth-order valence-corrected chi connectivity index (χ4v) is 0.765. The zero-order valence-corrected chi connectivity index (χ0v) is 8.39. The van der Waals surface area contributed by atoms with Crippen LogP contribution in [0, 0.1) is 0 Å². The third-order valence-electron chi connectivity index (χ3n) is 1.58. The van der Waals surface area contributed by atoms with Crippen molar-refractivity contribution in [3.8, 4) is 0 Å². The molecule has 0 amide bonds. The summed E-state index contributed by atoms with van der Waals surface area (Å²) >= 11 is 0. The van der Waals surface area contributed by atoms with Gasteiger partial charge in [-0.05, 0) is 34.1 Å². The molecule has 12 heavy (non-hydrogen) atoms. The number of esters is 1. The Bertz CT molecular complexity index is 169. The predicted molar refractivity (Wildman–Crippen MR) is 49.9 cm³/mol. The Morgan fingerprint density at radius 2 is 2.00 bits per heavy atom. The molecule has 0 aromatic heterocycles. The molecule has 0 saturated heterocycles. The fourth-order valence-electron chi connectivity index (χ4n) is 0.765. The number of carbonyl (C=O) groups excluding carboxylic acids is 1. The summed E-state index contributed by atoms with van der Waals surface area (Å²) in [7, 11) is 0. The summed E-state index contributed by atoms with van der Waals surface area (Å²) in [6.45, 7) is 7.71. The maximum atomic E-state index is 11.0. The van der Waals surface area contributed by atoms with Crippen molar-refractivity contribution in [3.63, 3.8) is 0 Å². The van der Waals surface area contributed by atoms with Crippen molar-refractivity contribution < 1.29 is 9.53 Å². The molecule has 2 nitrogen and oxygen atoms in total. The summed E-state index contributed by atoms with van der Waals surface area (Å²) in [6.07, 6.45) is 3.32. The first-order valence-electron chi connectivity index (χ1n) is 4.37. The van der Waals surface area contributed by atoms with Crippen LogP contribution in [0.1, 0.15) is 40.5 Å². The van der Waals surface area contributed by atoms with Gasteiger partial charge in [0.15, 0.2) is 0 Å². The van der Waals surface area contributed by atoms with Gasteiger partial charge in [0.2, 0.25) is 0 Å². The third kappa shape index (κ3) is 5.96. The van der Waals surface area contributed by atoms with Crippen LogP contribution in [0.4, 0.5) is 0 Å². The number of allylic oxidation sites excluding steroid dienone is 2.